The lowest BCUT2D eigenvalue weighted by molar-refractivity contribution is 0.0682. The summed E-state index contributed by atoms with van der Waals surface area (Å²) in [6.07, 6.45) is 0. The highest BCUT2D eigenvalue weighted by atomic mass is 16.4. The molecule has 0 bridgehead atoms. The summed E-state index contributed by atoms with van der Waals surface area (Å²) in [4.78, 5) is 21.0. The van der Waals surface area contributed by atoms with Crippen LogP contribution in [0.5, 0.6) is 11.5 Å². The zero-order valence-electron chi connectivity index (χ0n) is 13.0. The number of hydrogen-bond donors (Lipinski definition) is 4. The van der Waals surface area contributed by atoms with Crippen LogP contribution in [0, 0.1) is 20.8 Å². The Hall–Kier alpha value is -3.02. The summed E-state index contributed by atoms with van der Waals surface area (Å²) in [7, 11) is 0. The highest BCUT2D eigenvalue weighted by Crippen LogP contribution is 2.23. The molecule has 6 heteroatoms. The van der Waals surface area contributed by atoms with Gasteiger partial charge in [-0.2, -0.15) is 0 Å². The third kappa shape index (κ3) is 4.47. The predicted molar refractivity (Wildman–Crippen MR) is 84.3 cm³/mol. The first-order valence-electron chi connectivity index (χ1n) is 6.70. The van der Waals surface area contributed by atoms with E-state index in [9.17, 15) is 19.8 Å². The van der Waals surface area contributed by atoms with Crippen LogP contribution < -0.4 is 0 Å². The summed E-state index contributed by atoms with van der Waals surface area (Å²) in [5.74, 6) is -2.50. The van der Waals surface area contributed by atoms with Crippen LogP contribution in [0.1, 0.15) is 37.4 Å². The fraction of sp³-hybridized carbons (Fsp3) is 0.176. The van der Waals surface area contributed by atoms with Crippen molar-refractivity contribution in [1.29, 1.82) is 0 Å². The molecule has 4 N–H and O–H groups in total. The highest BCUT2D eigenvalue weighted by molar-refractivity contribution is 5.91. The Balaban J connectivity index is 0.000000231. The molecule has 0 saturated carbocycles. The molecule has 0 atom stereocenters. The summed E-state index contributed by atoms with van der Waals surface area (Å²) in [6, 6.07) is 7.80. The lowest BCUT2D eigenvalue weighted by Gasteiger charge is -2.04. The molecule has 0 aliphatic heterocycles. The normalized spacial score (nSPS) is 9.70. The first-order chi connectivity index (χ1) is 10.6. The first-order valence-corrected chi connectivity index (χ1v) is 6.70. The molecule has 2 rings (SSSR count). The first kappa shape index (κ1) is 18.0. The molecule has 0 aliphatic carbocycles. The molecule has 0 radical (unpaired) electrons. The average Bonchev–Trinajstić information content (AvgIpc) is 2.46. The largest absolute Gasteiger partial charge is 0.507 e. The van der Waals surface area contributed by atoms with Crippen molar-refractivity contribution in [2.24, 2.45) is 0 Å². The van der Waals surface area contributed by atoms with Crippen molar-refractivity contribution in [2.75, 3.05) is 0 Å². The monoisotopic (exact) mass is 318 g/mol. The van der Waals surface area contributed by atoms with E-state index < -0.39 is 11.9 Å². The molecular weight excluding hydrogens is 300 g/mol. The summed E-state index contributed by atoms with van der Waals surface area (Å²) >= 11 is 0. The minimum atomic E-state index is -1.11. The number of para-hydroxylation sites is 1. The lowest BCUT2D eigenvalue weighted by Crippen LogP contribution is -1.98. The smallest absolute Gasteiger partial charge is 0.339 e. The molecule has 2 aromatic carbocycles. The quantitative estimate of drug-likeness (QED) is 0.676. The highest BCUT2D eigenvalue weighted by Gasteiger charge is 2.11. The second-order valence-electron chi connectivity index (χ2n) is 5.06. The van der Waals surface area contributed by atoms with Gasteiger partial charge in [0.25, 0.3) is 0 Å². The average molecular weight is 318 g/mol. The molecule has 0 spiro atoms. The van der Waals surface area contributed by atoms with Crippen LogP contribution in [0.2, 0.25) is 0 Å². The number of carboxylic acid groups (broad SMARTS) is 2. The number of phenols is 2. The van der Waals surface area contributed by atoms with Gasteiger partial charge in [-0.1, -0.05) is 18.2 Å². The maximum atomic E-state index is 10.6. The molecule has 0 aliphatic rings. The van der Waals surface area contributed by atoms with Crippen molar-refractivity contribution in [3.05, 3.63) is 58.1 Å². The number of hydrogen-bond acceptors (Lipinski definition) is 4. The van der Waals surface area contributed by atoms with Crippen molar-refractivity contribution in [2.45, 2.75) is 20.8 Å². The van der Waals surface area contributed by atoms with Crippen LogP contribution in [-0.2, 0) is 0 Å². The molecule has 6 nitrogen and oxygen atoms in total. The van der Waals surface area contributed by atoms with Gasteiger partial charge < -0.3 is 20.4 Å². The van der Waals surface area contributed by atoms with Gasteiger partial charge >= 0.3 is 11.9 Å². The van der Waals surface area contributed by atoms with Crippen LogP contribution in [0.15, 0.2) is 30.3 Å². The number of carboxylic acids is 2. The van der Waals surface area contributed by atoms with E-state index in [0.717, 1.165) is 5.56 Å². The summed E-state index contributed by atoms with van der Waals surface area (Å²) in [5.41, 5.74) is 1.91. The van der Waals surface area contributed by atoms with Crippen LogP contribution in [-0.4, -0.2) is 32.4 Å². The topological polar surface area (TPSA) is 115 Å². The van der Waals surface area contributed by atoms with Crippen molar-refractivity contribution >= 4 is 11.9 Å². The summed E-state index contributed by atoms with van der Waals surface area (Å²) < 4.78 is 0. The van der Waals surface area contributed by atoms with Gasteiger partial charge in [-0.15, -0.1) is 0 Å². The number of rotatable bonds is 2. The van der Waals surface area contributed by atoms with Crippen LogP contribution in [0.25, 0.3) is 0 Å². The molecule has 2 aromatic rings. The molecule has 0 amide bonds. The van der Waals surface area contributed by atoms with Gasteiger partial charge in [0.05, 0.1) is 0 Å². The predicted octanol–water partition coefficient (Wildman–Crippen LogP) is 3.11. The van der Waals surface area contributed by atoms with E-state index in [-0.39, 0.29) is 22.6 Å². The Morgan fingerprint density at radius 1 is 0.783 bits per heavy atom. The number of aromatic carboxylic acids is 2. The number of aryl methyl sites for hydroxylation is 3. The standard InChI is InChI=1S/C9H10O3.C8H8O3/c1-5-3-6(2)8(10)7(4-5)9(11)12;1-5-3-2-4-6(7(5)9)8(10)11/h3-4,10H,1-2H3,(H,11,12);2-4,9H,1H3,(H,10,11). The Labute approximate surface area is 133 Å². The van der Waals surface area contributed by atoms with Crippen LogP contribution in [0.4, 0.5) is 0 Å². The fourth-order valence-corrected chi connectivity index (χ4v) is 1.95. The van der Waals surface area contributed by atoms with E-state index in [2.05, 4.69) is 0 Å². The Morgan fingerprint density at radius 3 is 1.78 bits per heavy atom. The Morgan fingerprint density at radius 2 is 1.30 bits per heavy atom. The zero-order valence-corrected chi connectivity index (χ0v) is 13.0. The van der Waals surface area contributed by atoms with Crippen molar-refractivity contribution in [3.63, 3.8) is 0 Å². The number of carbonyl (C=O) groups is 2. The van der Waals surface area contributed by atoms with Crippen molar-refractivity contribution in [3.8, 4) is 11.5 Å². The lowest BCUT2D eigenvalue weighted by atomic mass is 10.1. The van der Waals surface area contributed by atoms with Gasteiger partial charge in [-0.05, 0) is 49.6 Å². The Kier molecular flexibility index (Phi) is 5.73. The maximum Gasteiger partial charge on any atom is 0.339 e. The SMILES string of the molecule is Cc1cc(C)c(O)c(C(=O)O)c1.Cc1cccc(C(=O)O)c1O. The van der Waals surface area contributed by atoms with Crippen molar-refractivity contribution in [1.82, 2.24) is 0 Å². The molecule has 0 aromatic heterocycles. The molecule has 0 unspecified atom stereocenters. The zero-order chi connectivity index (χ0) is 17.7. The number of benzene rings is 2. The van der Waals surface area contributed by atoms with Gasteiger partial charge in [-0.3, -0.25) is 0 Å². The van der Waals surface area contributed by atoms with E-state index in [1.54, 1.807) is 39.0 Å². The molecular formula is C17H18O6. The maximum absolute atomic E-state index is 10.6. The van der Waals surface area contributed by atoms with E-state index in [1.165, 1.54) is 12.1 Å². The Bertz CT molecular complexity index is 749. The van der Waals surface area contributed by atoms with E-state index in [4.69, 9.17) is 10.2 Å². The molecule has 23 heavy (non-hydrogen) atoms. The van der Waals surface area contributed by atoms with E-state index in [0.29, 0.717) is 11.1 Å². The minimum absolute atomic E-state index is 0.0347. The molecule has 0 heterocycles. The molecule has 0 saturated heterocycles. The van der Waals surface area contributed by atoms with Crippen LogP contribution in [0.3, 0.4) is 0 Å². The van der Waals surface area contributed by atoms with Gasteiger partial charge in [0.2, 0.25) is 0 Å². The second-order valence-corrected chi connectivity index (χ2v) is 5.06. The molecule has 0 fully saturated rings. The second kappa shape index (κ2) is 7.31. The van der Waals surface area contributed by atoms with Gasteiger partial charge in [0, 0.05) is 0 Å². The van der Waals surface area contributed by atoms with Gasteiger partial charge in [0.1, 0.15) is 22.6 Å². The van der Waals surface area contributed by atoms with Gasteiger partial charge in [-0.25, -0.2) is 9.59 Å². The summed E-state index contributed by atoms with van der Waals surface area (Å²) in [6.45, 7) is 5.12. The van der Waals surface area contributed by atoms with Crippen LogP contribution >= 0.6 is 0 Å². The fourth-order valence-electron chi connectivity index (χ4n) is 1.95. The number of aromatic hydroxyl groups is 2. The summed E-state index contributed by atoms with van der Waals surface area (Å²) in [5, 5.41) is 35.7. The van der Waals surface area contributed by atoms with Gasteiger partial charge in [0.15, 0.2) is 0 Å². The van der Waals surface area contributed by atoms with E-state index >= 15 is 0 Å². The minimum Gasteiger partial charge on any atom is -0.507 e. The molecule has 122 valence electrons. The third-order valence-corrected chi connectivity index (χ3v) is 3.14. The van der Waals surface area contributed by atoms with E-state index in [1.807, 2.05) is 0 Å². The van der Waals surface area contributed by atoms with Crippen molar-refractivity contribution < 1.29 is 30.0 Å². The third-order valence-electron chi connectivity index (χ3n) is 3.14.